The number of aryl methyl sites for hydroxylation is 2. The highest BCUT2D eigenvalue weighted by Crippen LogP contribution is 2.25. The Hall–Kier alpha value is -2.14. The molecule has 116 valence electrons. The number of carboxylic acids is 1. The molecule has 0 spiro atoms. The van der Waals surface area contributed by atoms with E-state index in [2.05, 4.69) is 27.7 Å². The molecule has 2 heterocycles. The molecule has 0 aliphatic carbocycles. The Bertz CT molecular complexity index is 693. The van der Waals surface area contributed by atoms with Gasteiger partial charge >= 0.3 is 5.97 Å². The van der Waals surface area contributed by atoms with Crippen molar-refractivity contribution in [3.8, 4) is 0 Å². The van der Waals surface area contributed by atoms with E-state index in [1.165, 1.54) is 5.69 Å². The summed E-state index contributed by atoms with van der Waals surface area (Å²) in [6.07, 6.45) is 1.05. The van der Waals surface area contributed by atoms with E-state index in [-0.39, 0.29) is 0 Å². The standard InChI is InChI=1S/C17H21N3O2/c1-12-9-13(2)20(18-12)15-7-8-19(11-15)10-14-5-3-4-6-16(14)17(21)22/h3-6,9,15H,7-8,10-11H2,1-2H3,(H,21,22)/t15-/m0/s1. The summed E-state index contributed by atoms with van der Waals surface area (Å²) in [4.78, 5) is 13.6. The molecule has 5 nitrogen and oxygen atoms in total. The quantitative estimate of drug-likeness (QED) is 0.943. The Morgan fingerprint density at radius 3 is 2.82 bits per heavy atom. The van der Waals surface area contributed by atoms with Crippen LogP contribution in [0, 0.1) is 13.8 Å². The van der Waals surface area contributed by atoms with Gasteiger partial charge in [0.1, 0.15) is 0 Å². The van der Waals surface area contributed by atoms with Crippen LogP contribution in [0.5, 0.6) is 0 Å². The van der Waals surface area contributed by atoms with Gasteiger partial charge in [0.25, 0.3) is 0 Å². The van der Waals surface area contributed by atoms with Gasteiger partial charge in [-0.05, 0) is 38.0 Å². The van der Waals surface area contributed by atoms with Crippen LogP contribution in [0.3, 0.4) is 0 Å². The number of carbonyl (C=O) groups is 1. The maximum absolute atomic E-state index is 11.3. The van der Waals surface area contributed by atoms with Gasteiger partial charge in [-0.1, -0.05) is 18.2 Å². The number of aromatic nitrogens is 2. The van der Waals surface area contributed by atoms with Crippen molar-refractivity contribution in [2.75, 3.05) is 13.1 Å². The predicted octanol–water partition coefficient (Wildman–Crippen LogP) is 2.65. The van der Waals surface area contributed by atoms with Gasteiger partial charge in [0, 0.05) is 25.3 Å². The molecule has 22 heavy (non-hydrogen) atoms. The van der Waals surface area contributed by atoms with Gasteiger partial charge in [-0.25, -0.2) is 4.79 Å². The first-order valence-electron chi connectivity index (χ1n) is 7.61. The van der Waals surface area contributed by atoms with Crippen molar-refractivity contribution in [3.63, 3.8) is 0 Å². The first kappa shape index (κ1) is 14.8. The molecule has 0 saturated carbocycles. The van der Waals surface area contributed by atoms with Crippen molar-refractivity contribution in [1.29, 1.82) is 0 Å². The molecule has 1 aromatic carbocycles. The SMILES string of the molecule is Cc1cc(C)n([C@H]2CCN(Cc3ccccc3C(=O)O)C2)n1. The van der Waals surface area contributed by atoms with E-state index >= 15 is 0 Å². The number of nitrogens with zero attached hydrogens (tertiary/aromatic N) is 3. The number of hydrogen-bond donors (Lipinski definition) is 1. The lowest BCUT2D eigenvalue weighted by Crippen LogP contribution is -2.23. The smallest absolute Gasteiger partial charge is 0.336 e. The second-order valence-corrected chi connectivity index (χ2v) is 6.01. The zero-order valence-electron chi connectivity index (χ0n) is 13.0. The van der Waals surface area contributed by atoms with Crippen molar-refractivity contribution in [2.24, 2.45) is 0 Å². The molecule has 1 atom stereocenters. The Balaban J connectivity index is 1.72. The van der Waals surface area contributed by atoms with Crippen molar-refractivity contribution < 1.29 is 9.90 Å². The van der Waals surface area contributed by atoms with Crippen LogP contribution in [0.1, 0.15) is 39.8 Å². The highest BCUT2D eigenvalue weighted by Gasteiger charge is 2.26. The zero-order valence-corrected chi connectivity index (χ0v) is 13.0. The van der Waals surface area contributed by atoms with Crippen LogP contribution in [-0.4, -0.2) is 38.8 Å². The molecular formula is C17H21N3O2. The maximum atomic E-state index is 11.3. The third-order valence-corrected chi connectivity index (χ3v) is 4.28. The molecule has 1 aliphatic heterocycles. The average Bonchev–Trinajstić information content (AvgIpc) is 3.05. The van der Waals surface area contributed by atoms with Crippen LogP contribution >= 0.6 is 0 Å². The van der Waals surface area contributed by atoms with E-state index in [4.69, 9.17) is 0 Å². The topological polar surface area (TPSA) is 58.4 Å². The van der Waals surface area contributed by atoms with Crippen LogP contribution < -0.4 is 0 Å². The fourth-order valence-corrected chi connectivity index (χ4v) is 3.28. The molecular weight excluding hydrogens is 278 g/mol. The number of aromatic carboxylic acids is 1. The summed E-state index contributed by atoms with van der Waals surface area (Å²) in [5.41, 5.74) is 3.52. The first-order valence-corrected chi connectivity index (χ1v) is 7.61. The van der Waals surface area contributed by atoms with E-state index < -0.39 is 5.97 Å². The number of likely N-dealkylation sites (tertiary alicyclic amines) is 1. The van der Waals surface area contributed by atoms with Gasteiger partial charge in [-0.2, -0.15) is 5.10 Å². The molecule has 1 N–H and O–H groups in total. The van der Waals surface area contributed by atoms with E-state index in [0.29, 0.717) is 18.2 Å². The minimum Gasteiger partial charge on any atom is -0.478 e. The molecule has 0 bridgehead atoms. The molecule has 5 heteroatoms. The third kappa shape index (κ3) is 2.90. The third-order valence-electron chi connectivity index (χ3n) is 4.28. The Labute approximate surface area is 130 Å². The molecule has 0 amide bonds. The lowest BCUT2D eigenvalue weighted by Gasteiger charge is -2.18. The highest BCUT2D eigenvalue weighted by atomic mass is 16.4. The normalized spacial score (nSPS) is 18.7. The predicted molar refractivity (Wildman–Crippen MR) is 84.0 cm³/mol. The average molecular weight is 299 g/mol. The summed E-state index contributed by atoms with van der Waals surface area (Å²) in [5.74, 6) is -0.857. The minimum atomic E-state index is -0.857. The van der Waals surface area contributed by atoms with Crippen LogP contribution in [0.15, 0.2) is 30.3 Å². The number of hydrogen-bond acceptors (Lipinski definition) is 3. The van der Waals surface area contributed by atoms with Gasteiger partial charge < -0.3 is 5.11 Å². The van der Waals surface area contributed by atoms with Gasteiger partial charge in [0.15, 0.2) is 0 Å². The number of benzene rings is 1. The number of carboxylic acid groups (broad SMARTS) is 1. The Kier molecular flexibility index (Phi) is 3.98. The second-order valence-electron chi connectivity index (χ2n) is 6.01. The molecule has 1 saturated heterocycles. The molecule has 0 radical (unpaired) electrons. The summed E-state index contributed by atoms with van der Waals surface area (Å²) >= 11 is 0. The Morgan fingerprint density at radius 1 is 1.36 bits per heavy atom. The van der Waals surface area contributed by atoms with Gasteiger partial charge in [-0.3, -0.25) is 9.58 Å². The second kappa shape index (κ2) is 5.93. The molecule has 1 aromatic heterocycles. The molecule has 2 aromatic rings. The minimum absolute atomic E-state index is 0.380. The van der Waals surface area contributed by atoms with E-state index in [9.17, 15) is 9.90 Å². The fourth-order valence-electron chi connectivity index (χ4n) is 3.28. The zero-order chi connectivity index (χ0) is 15.7. The monoisotopic (exact) mass is 299 g/mol. The van der Waals surface area contributed by atoms with E-state index in [1.807, 2.05) is 19.1 Å². The van der Waals surface area contributed by atoms with E-state index in [0.717, 1.165) is 30.8 Å². The molecule has 1 fully saturated rings. The fraction of sp³-hybridized carbons (Fsp3) is 0.412. The van der Waals surface area contributed by atoms with Crippen LogP contribution in [0.4, 0.5) is 0 Å². The summed E-state index contributed by atoms with van der Waals surface area (Å²) in [7, 11) is 0. The molecule has 1 aliphatic rings. The lowest BCUT2D eigenvalue weighted by atomic mass is 10.1. The first-order chi connectivity index (χ1) is 10.5. The maximum Gasteiger partial charge on any atom is 0.336 e. The van der Waals surface area contributed by atoms with Gasteiger partial charge in [0.2, 0.25) is 0 Å². The molecule has 0 unspecified atom stereocenters. The van der Waals surface area contributed by atoms with E-state index in [1.54, 1.807) is 12.1 Å². The largest absolute Gasteiger partial charge is 0.478 e. The van der Waals surface area contributed by atoms with Crippen molar-refractivity contribution in [3.05, 3.63) is 52.8 Å². The van der Waals surface area contributed by atoms with Crippen LogP contribution in [0.25, 0.3) is 0 Å². The van der Waals surface area contributed by atoms with Gasteiger partial charge in [0.05, 0.1) is 17.3 Å². The van der Waals surface area contributed by atoms with Crippen molar-refractivity contribution in [1.82, 2.24) is 14.7 Å². The van der Waals surface area contributed by atoms with Gasteiger partial charge in [-0.15, -0.1) is 0 Å². The Morgan fingerprint density at radius 2 is 2.14 bits per heavy atom. The summed E-state index contributed by atoms with van der Waals surface area (Å²) in [6, 6.07) is 9.73. The summed E-state index contributed by atoms with van der Waals surface area (Å²) in [5, 5.41) is 13.9. The van der Waals surface area contributed by atoms with Crippen LogP contribution in [0.2, 0.25) is 0 Å². The highest BCUT2D eigenvalue weighted by molar-refractivity contribution is 5.89. The van der Waals surface area contributed by atoms with Crippen molar-refractivity contribution in [2.45, 2.75) is 32.9 Å². The number of rotatable bonds is 4. The van der Waals surface area contributed by atoms with Crippen LogP contribution in [-0.2, 0) is 6.54 Å². The van der Waals surface area contributed by atoms with Crippen molar-refractivity contribution >= 4 is 5.97 Å². The summed E-state index contributed by atoms with van der Waals surface area (Å²) < 4.78 is 2.11. The lowest BCUT2D eigenvalue weighted by molar-refractivity contribution is 0.0694. The summed E-state index contributed by atoms with van der Waals surface area (Å²) in [6.45, 7) is 6.66. The molecule has 3 rings (SSSR count).